The zero-order valence-electron chi connectivity index (χ0n) is 2.83. The van der Waals surface area contributed by atoms with Crippen LogP contribution in [0.25, 0.3) is 0 Å². The molecule has 7 heavy (non-hydrogen) atoms. The minimum absolute atomic E-state index is 0. The van der Waals surface area contributed by atoms with Crippen LogP contribution in [0.5, 0.6) is 0 Å². The first-order valence-corrected chi connectivity index (χ1v) is 2.71. The molecule has 0 fully saturated rings. The third-order valence-corrected chi connectivity index (χ3v) is 0.505. The maximum atomic E-state index is 9.46. The summed E-state index contributed by atoms with van der Waals surface area (Å²) < 4.78 is 9.46. The molecule has 0 atom stereocenters. The molecule has 0 spiro atoms. The van der Waals surface area contributed by atoms with Crippen LogP contribution in [0.1, 0.15) is 0 Å². The Hall–Kier alpha value is 1.33. The van der Waals surface area contributed by atoms with Crippen LogP contribution < -0.4 is 11.0 Å². The van der Waals surface area contributed by atoms with Gasteiger partial charge in [-0.2, -0.15) is 5.20 Å². The van der Waals surface area contributed by atoms with Gasteiger partial charge in [-0.25, -0.2) is 4.57 Å². The number of hydrogen-bond donors (Lipinski definition) is 4. The Morgan fingerprint density at radius 2 is 1.71 bits per heavy atom. The third-order valence-electron chi connectivity index (χ3n) is 0.168. The van der Waals surface area contributed by atoms with Gasteiger partial charge in [0.1, 0.15) is 0 Å². The number of rotatable bonds is 1. The van der Waals surface area contributed by atoms with E-state index in [4.69, 9.17) is 9.79 Å². The molecule has 0 aliphatic heterocycles. The molecule has 5 N–H and O–H groups in total. The topological polar surface area (TPSA) is 95.6 Å². The molecule has 0 saturated carbocycles. The van der Waals surface area contributed by atoms with E-state index in [1.807, 2.05) is 0 Å². The summed E-state index contributed by atoms with van der Waals surface area (Å²) in [6.45, 7) is 0. The Bertz CT molecular complexity index is 77.0. The van der Waals surface area contributed by atoms with Crippen molar-refractivity contribution in [3.63, 3.8) is 0 Å². The molecule has 0 saturated heterocycles. The molecule has 42 valence electrons. The fraction of sp³-hybridized carbons (Fsp3) is 0. The second-order valence-corrected chi connectivity index (χ2v) is 2.02. The predicted molar refractivity (Wildman–Crippen MR) is 27.9 cm³/mol. The molecule has 0 aromatic heterocycles. The summed E-state index contributed by atoms with van der Waals surface area (Å²) in [5.41, 5.74) is 0. The van der Waals surface area contributed by atoms with Crippen LogP contribution in [0, 0.1) is 0 Å². The predicted octanol–water partition coefficient (Wildman–Crippen LogP) is -2.37. The summed E-state index contributed by atoms with van der Waals surface area (Å²) in [6, 6.07) is 0. The summed E-state index contributed by atoms with van der Waals surface area (Å²) in [6.07, 6.45) is 0. The number of hydrazine groups is 1. The Kier molecular flexibility index (Phi) is 6.75. The van der Waals surface area contributed by atoms with Crippen molar-refractivity contribution < 1.29 is 14.4 Å². The molecule has 0 aliphatic carbocycles. The number of nitrogens with two attached hydrogens (primary N) is 1. The van der Waals surface area contributed by atoms with Crippen molar-refractivity contribution in [2.75, 3.05) is 0 Å². The van der Waals surface area contributed by atoms with E-state index in [2.05, 4.69) is 5.84 Å². The quantitative estimate of drug-likeness (QED) is 0.146. The third kappa shape index (κ3) is 11.1. The van der Waals surface area contributed by atoms with Gasteiger partial charge < -0.3 is 9.79 Å². The molecule has 5 nitrogen and oxygen atoms in total. The van der Waals surface area contributed by atoms with Crippen molar-refractivity contribution in [2.24, 2.45) is 5.84 Å². The first-order chi connectivity index (χ1) is 2.56. The molecule has 0 amide bonds. The Labute approximate surface area is 70.5 Å². The average molecular weight is 154 g/mol. The monoisotopic (exact) mass is 154 g/mol. The first-order valence-electron chi connectivity index (χ1n) is 1.09. The SMILES string of the molecule is NNP(=O)(O)O.[CaH2]. The molecule has 0 bridgehead atoms. The summed E-state index contributed by atoms with van der Waals surface area (Å²) in [7, 11) is -4.12. The van der Waals surface area contributed by atoms with Crippen molar-refractivity contribution in [3.8, 4) is 0 Å². The van der Waals surface area contributed by atoms with Crippen molar-refractivity contribution >= 4 is 45.5 Å². The Morgan fingerprint density at radius 1 is 1.57 bits per heavy atom. The van der Waals surface area contributed by atoms with Crippen molar-refractivity contribution in [2.45, 2.75) is 0 Å². The molecular weight excluding hydrogens is 147 g/mol. The molecule has 0 unspecified atom stereocenters. The van der Waals surface area contributed by atoms with Gasteiger partial charge in [0.05, 0.1) is 0 Å². The standard InChI is InChI=1S/Ca.H5N2O3P.2H/c;1-2-6(3,4)5;;/h;1H2,(H3,2,3,4,5);;. The Morgan fingerprint density at radius 3 is 1.71 bits per heavy atom. The normalized spacial score (nSPS) is 10.1. The van der Waals surface area contributed by atoms with Crippen LogP contribution >= 0.6 is 7.75 Å². The second-order valence-electron chi connectivity index (χ2n) is 0.673. The van der Waals surface area contributed by atoms with Crippen LogP contribution in [0.4, 0.5) is 0 Å². The number of nitrogens with one attached hydrogen (secondary N) is 1. The van der Waals surface area contributed by atoms with Gasteiger partial charge in [-0.05, 0) is 0 Å². The molecule has 0 aliphatic rings. The van der Waals surface area contributed by atoms with E-state index in [0.717, 1.165) is 0 Å². The molecule has 0 radical (unpaired) electrons. The van der Waals surface area contributed by atoms with Crippen LogP contribution in [-0.4, -0.2) is 47.5 Å². The molecule has 0 aromatic carbocycles. The summed E-state index contributed by atoms with van der Waals surface area (Å²) in [5.74, 6) is 4.29. The van der Waals surface area contributed by atoms with Gasteiger partial charge in [0, 0.05) is 0 Å². The van der Waals surface area contributed by atoms with Gasteiger partial charge >= 0.3 is 45.5 Å². The van der Waals surface area contributed by atoms with Gasteiger partial charge in [0.15, 0.2) is 0 Å². The van der Waals surface area contributed by atoms with E-state index in [-0.39, 0.29) is 37.7 Å². The molecule has 0 aromatic rings. The zero-order valence-corrected chi connectivity index (χ0v) is 3.72. The minimum atomic E-state index is -4.12. The van der Waals surface area contributed by atoms with Crippen molar-refractivity contribution in [1.82, 2.24) is 5.20 Å². The van der Waals surface area contributed by atoms with Crippen molar-refractivity contribution in [3.05, 3.63) is 0 Å². The second kappa shape index (κ2) is 4.23. The van der Waals surface area contributed by atoms with Crippen LogP contribution in [-0.2, 0) is 4.57 Å². The average Bonchev–Trinajstić information content (AvgIpc) is 1.35. The Balaban J connectivity index is 0. The van der Waals surface area contributed by atoms with Crippen LogP contribution in [0.15, 0.2) is 0 Å². The molecule has 0 rings (SSSR count). The van der Waals surface area contributed by atoms with Gasteiger partial charge in [0.2, 0.25) is 0 Å². The summed E-state index contributed by atoms with van der Waals surface area (Å²) in [4.78, 5) is 15.4. The maximum absolute atomic E-state index is 9.46. The van der Waals surface area contributed by atoms with Crippen LogP contribution in [0.3, 0.4) is 0 Å². The van der Waals surface area contributed by atoms with Gasteiger partial charge in [-0.15, -0.1) is 0 Å². The molecular formula is H7CaN2O3P. The van der Waals surface area contributed by atoms with E-state index < -0.39 is 7.75 Å². The fourth-order valence-corrected chi connectivity index (χ4v) is 0. The first kappa shape index (κ1) is 11.2. The van der Waals surface area contributed by atoms with Crippen molar-refractivity contribution in [1.29, 1.82) is 0 Å². The van der Waals surface area contributed by atoms with Gasteiger partial charge in [0.25, 0.3) is 0 Å². The zero-order chi connectivity index (χ0) is 5.21. The van der Waals surface area contributed by atoms with E-state index in [0.29, 0.717) is 0 Å². The summed E-state index contributed by atoms with van der Waals surface area (Å²) >= 11 is 0. The van der Waals surface area contributed by atoms with E-state index in [1.165, 1.54) is 5.20 Å². The van der Waals surface area contributed by atoms with E-state index in [1.54, 1.807) is 0 Å². The molecule has 0 heterocycles. The number of hydrogen-bond acceptors (Lipinski definition) is 2. The van der Waals surface area contributed by atoms with E-state index in [9.17, 15) is 4.57 Å². The molecule has 7 heteroatoms. The van der Waals surface area contributed by atoms with Crippen LogP contribution in [0.2, 0.25) is 0 Å². The van der Waals surface area contributed by atoms with Gasteiger partial charge in [-0.1, -0.05) is 0 Å². The van der Waals surface area contributed by atoms with Gasteiger partial charge in [-0.3, -0.25) is 5.84 Å². The fourth-order valence-electron chi connectivity index (χ4n) is 0. The van der Waals surface area contributed by atoms with E-state index >= 15 is 0 Å². The summed E-state index contributed by atoms with van der Waals surface area (Å²) in [5, 5.41) is 1.27.